The van der Waals surface area contributed by atoms with E-state index in [2.05, 4.69) is 5.32 Å². The zero-order valence-electron chi connectivity index (χ0n) is 11.6. The second-order valence-corrected chi connectivity index (χ2v) is 6.62. The molecule has 114 valence electrons. The first-order chi connectivity index (χ1) is 10.3. The first-order valence-electron chi connectivity index (χ1n) is 6.23. The summed E-state index contributed by atoms with van der Waals surface area (Å²) in [6.45, 7) is 0. The number of carbonyl (C=O) groups is 2. The highest BCUT2D eigenvalue weighted by molar-refractivity contribution is 7.90. The maximum absolute atomic E-state index is 12.1. The molecule has 2 aromatic rings. The molecule has 0 atom stereocenters. The van der Waals surface area contributed by atoms with Crippen molar-refractivity contribution < 1.29 is 23.1 Å². The zero-order valence-corrected chi connectivity index (χ0v) is 12.4. The first-order valence-corrected chi connectivity index (χ1v) is 8.12. The molecule has 6 nitrogen and oxygen atoms in total. The van der Waals surface area contributed by atoms with Gasteiger partial charge in [-0.15, -0.1) is 0 Å². The number of para-hydroxylation sites is 1. The van der Waals surface area contributed by atoms with Crippen LogP contribution in [0.2, 0.25) is 0 Å². The van der Waals surface area contributed by atoms with Gasteiger partial charge in [0.15, 0.2) is 9.84 Å². The number of sulfone groups is 1. The first kappa shape index (κ1) is 15.7. The quantitative estimate of drug-likeness (QED) is 0.898. The molecule has 0 aliphatic rings. The molecule has 0 spiro atoms. The summed E-state index contributed by atoms with van der Waals surface area (Å²) in [4.78, 5) is 23.3. The van der Waals surface area contributed by atoms with Crippen molar-refractivity contribution in [2.45, 2.75) is 4.90 Å². The average molecular weight is 319 g/mol. The van der Waals surface area contributed by atoms with Crippen LogP contribution in [0.25, 0.3) is 0 Å². The Bertz CT molecular complexity index is 825. The summed E-state index contributed by atoms with van der Waals surface area (Å²) in [5.41, 5.74) is 0.378. The predicted molar refractivity (Wildman–Crippen MR) is 80.9 cm³/mol. The molecule has 1 amide bonds. The Morgan fingerprint density at radius 1 is 1.00 bits per heavy atom. The van der Waals surface area contributed by atoms with E-state index in [-0.39, 0.29) is 21.7 Å². The number of rotatable bonds is 4. The van der Waals surface area contributed by atoms with E-state index in [0.29, 0.717) is 0 Å². The normalized spacial score (nSPS) is 11.0. The maximum Gasteiger partial charge on any atom is 0.337 e. The number of hydrogen-bond acceptors (Lipinski definition) is 4. The second-order valence-electron chi connectivity index (χ2n) is 4.60. The number of benzene rings is 2. The Labute approximate surface area is 127 Å². The van der Waals surface area contributed by atoms with Crippen LogP contribution in [0.5, 0.6) is 0 Å². The fraction of sp³-hybridized carbons (Fsp3) is 0.0667. The van der Waals surface area contributed by atoms with Crippen LogP contribution in [0.15, 0.2) is 53.4 Å². The standard InChI is InChI=1S/C15H13NO5S/c1-22(20,21)11-8-6-10(7-9-11)14(17)16-13-5-3-2-4-12(13)15(18)19/h2-9H,1H3,(H,16,17)(H,18,19). The van der Waals surface area contributed by atoms with Crippen LogP contribution in [0, 0.1) is 0 Å². The van der Waals surface area contributed by atoms with Crippen LogP contribution in [-0.4, -0.2) is 31.7 Å². The van der Waals surface area contributed by atoms with Gasteiger partial charge in [-0.1, -0.05) is 12.1 Å². The molecule has 2 N–H and O–H groups in total. The molecule has 0 aromatic heterocycles. The van der Waals surface area contributed by atoms with Crippen molar-refractivity contribution in [3.8, 4) is 0 Å². The second kappa shape index (κ2) is 5.98. The number of anilines is 1. The molecule has 2 rings (SSSR count). The molecular formula is C15H13NO5S. The molecule has 0 bridgehead atoms. The minimum atomic E-state index is -3.33. The number of carbonyl (C=O) groups excluding carboxylic acids is 1. The van der Waals surface area contributed by atoms with E-state index in [1.54, 1.807) is 12.1 Å². The molecule has 0 fully saturated rings. The Morgan fingerprint density at radius 3 is 2.14 bits per heavy atom. The van der Waals surface area contributed by atoms with Crippen LogP contribution in [0.4, 0.5) is 5.69 Å². The van der Waals surface area contributed by atoms with Crippen LogP contribution >= 0.6 is 0 Å². The van der Waals surface area contributed by atoms with E-state index >= 15 is 0 Å². The lowest BCUT2D eigenvalue weighted by atomic mass is 10.1. The minimum absolute atomic E-state index is 0.0244. The Morgan fingerprint density at radius 2 is 1.59 bits per heavy atom. The van der Waals surface area contributed by atoms with E-state index in [4.69, 9.17) is 5.11 Å². The molecule has 0 radical (unpaired) electrons. The topological polar surface area (TPSA) is 101 Å². The zero-order chi connectivity index (χ0) is 16.3. The highest BCUT2D eigenvalue weighted by Crippen LogP contribution is 2.17. The van der Waals surface area contributed by atoms with Gasteiger partial charge >= 0.3 is 5.97 Å². The number of carboxylic acid groups (broad SMARTS) is 1. The van der Waals surface area contributed by atoms with Crippen molar-refractivity contribution in [3.63, 3.8) is 0 Å². The monoisotopic (exact) mass is 319 g/mol. The Hall–Kier alpha value is -2.67. The fourth-order valence-corrected chi connectivity index (χ4v) is 2.46. The average Bonchev–Trinajstić information content (AvgIpc) is 2.46. The number of aromatic carboxylic acids is 1. The Balaban J connectivity index is 2.25. The summed E-state index contributed by atoms with van der Waals surface area (Å²) in [5.74, 6) is -1.67. The molecule has 7 heteroatoms. The van der Waals surface area contributed by atoms with E-state index in [1.165, 1.54) is 36.4 Å². The van der Waals surface area contributed by atoms with Gasteiger partial charge in [-0.3, -0.25) is 4.79 Å². The van der Waals surface area contributed by atoms with Crippen LogP contribution in [0.1, 0.15) is 20.7 Å². The Kier molecular flexibility index (Phi) is 4.27. The minimum Gasteiger partial charge on any atom is -0.478 e. The number of hydrogen-bond donors (Lipinski definition) is 2. The molecule has 0 aliphatic carbocycles. The summed E-state index contributed by atoms with van der Waals surface area (Å²) in [6.07, 6.45) is 1.07. The SMILES string of the molecule is CS(=O)(=O)c1ccc(C(=O)Nc2ccccc2C(=O)O)cc1. The van der Waals surface area contributed by atoms with Gasteiger partial charge in [-0.05, 0) is 36.4 Å². The highest BCUT2D eigenvalue weighted by atomic mass is 32.2. The smallest absolute Gasteiger partial charge is 0.337 e. The number of nitrogens with one attached hydrogen (secondary N) is 1. The highest BCUT2D eigenvalue weighted by Gasteiger charge is 2.14. The van der Waals surface area contributed by atoms with Gasteiger partial charge < -0.3 is 10.4 Å². The summed E-state index contributed by atoms with van der Waals surface area (Å²) in [6, 6.07) is 11.4. The molecule has 2 aromatic carbocycles. The lowest BCUT2D eigenvalue weighted by molar-refractivity contribution is 0.0698. The van der Waals surface area contributed by atoms with Gasteiger partial charge in [0.1, 0.15) is 0 Å². The maximum atomic E-state index is 12.1. The third-order valence-corrected chi connectivity index (χ3v) is 4.08. The van der Waals surface area contributed by atoms with Gasteiger partial charge in [0.25, 0.3) is 5.91 Å². The fourth-order valence-electron chi connectivity index (χ4n) is 1.83. The number of amides is 1. The number of carboxylic acids is 1. The summed E-state index contributed by atoms with van der Waals surface area (Å²) in [7, 11) is -3.33. The van der Waals surface area contributed by atoms with Crippen molar-refractivity contribution in [1.82, 2.24) is 0 Å². The van der Waals surface area contributed by atoms with Gasteiger partial charge in [0, 0.05) is 11.8 Å². The van der Waals surface area contributed by atoms with Crippen molar-refractivity contribution in [2.75, 3.05) is 11.6 Å². The van der Waals surface area contributed by atoms with Gasteiger partial charge in [0.2, 0.25) is 0 Å². The van der Waals surface area contributed by atoms with E-state index in [0.717, 1.165) is 6.26 Å². The van der Waals surface area contributed by atoms with Gasteiger partial charge in [-0.2, -0.15) is 0 Å². The van der Waals surface area contributed by atoms with Crippen molar-refractivity contribution in [2.24, 2.45) is 0 Å². The van der Waals surface area contributed by atoms with E-state index < -0.39 is 21.7 Å². The molecule has 0 saturated heterocycles. The molecule has 0 saturated carbocycles. The van der Waals surface area contributed by atoms with Gasteiger partial charge in [0.05, 0.1) is 16.1 Å². The van der Waals surface area contributed by atoms with Crippen molar-refractivity contribution in [3.05, 3.63) is 59.7 Å². The molecule has 22 heavy (non-hydrogen) atoms. The third-order valence-electron chi connectivity index (χ3n) is 2.95. The van der Waals surface area contributed by atoms with E-state index in [9.17, 15) is 18.0 Å². The van der Waals surface area contributed by atoms with Crippen LogP contribution in [0.3, 0.4) is 0 Å². The summed E-state index contributed by atoms with van der Waals surface area (Å²) >= 11 is 0. The summed E-state index contributed by atoms with van der Waals surface area (Å²) < 4.78 is 22.7. The summed E-state index contributed by atoms with van der Waals surface area (Å²) in [5, 5.41) is 11.6. The molecule has 0 aliphatic heterocycles. The van der Waals surface area contributed by atoms with Gasteiger partial charge in [-0.25, -0.2) is 13.2 Å². The lowest BCUT2D eigenvalue weighted by Gasteiger charge is -2.08. The van der Waals surface area contributed by atoms with Crippen molar-refractivity contribution in [1.29, 1.82) is 0 Å². The molecule has 0 heterocycles. The predicted octanol–water partition coefficient (Wildman–Crippen LogP) is 2.04. The van der Waals surface area contributed by atoms with Crippen LogP contribution in [-0.2, 0) is 9.84 Å². The third kappa shape index (κ3) is 3.50. The van der Waals surface area contributed by atoms with Crippen molar-refractivity contribution >= 4 is 27.4 Å². The molecule has 0 unspecified atom stereocenters. The van der Waals surface area contributed by atoms with Crippen LogP contribution < -0.4 is 5.32 Å². The lowest BCUT2D eigenvalue weighted by Crippen LogP contribution is -2.14. The van der Waals surface area contributed by atoms with E-state index in [1.807, 2.05) is 0 Å². The largest absolute Gasteiger partial charge is 0.478 e. The molecular weight excluding hydrogens is 306 g/mol.